The number of hydrogen-bond donors (Lipinski definition) is 1. The summed E-state index contributed by atoms with van der Waals surface area (Å²) >= 11 is 1.27. The third-order valence-electron chi connectivity index (χ3n) is 4.05. The van der Waals surface area contributed by atoms with Crippen molar-refractivity contribution in [1.29, 1.82) is 0 Å². The van der Waals surface area contributed by atoms with Crippen LogP contribution in [0.2, 0.25) is 0 Å². The van der Waals surface area contributed by atoms with Crippen molar-refractivity contribution in [3.63, 3.8) is 0 Å². The fourth-order valence-corrected chi connectivity index (χ4v) is 3.59. The van der Waals surface area contributed by atoms with Gasteiger partial charge in [-0.15, -0.1) is 0 Å². The number of phenols is 1. The zero-order valence-corrected chi connectivity index (χ0v) is 13.8. The van der Waals surface area contributed by atoms with Crippen molar-refractivity contribution in [2.24, 2.45) is 4.99 Å². The summed E-state index contributed by atoms with van der Waals surface area (Å²) in [6.07, 6.45) is 2.52. The van der Waals surface area contributed by atoms with Crippen LogP contribution in [0.3, 0.4) is 0 Å². The van der Waals surface area contributed by atoms with Gasteiger partial charge < -0.3 is 14.9 Å². The zero-order chi connectivity index (χ0) is 16.6. The monoisotopic (exact) mass is 335 g/mol. The molecule has 0 unspecified atom stereocenters. The molecule has 122 valence electrons. The topological polar surface area (TPSA) is 56.1 Å². The Morgan fingerprint density at radius 3 is 2.96 bits per heavy atom. The van der Waals surface area contributed by atoms with Crippen molar-refractivity contribution in [3.8, 4) is 5.75 Å². The normalized spacial score (nSPS) is 23.2. The number of hydrogen-bond acceptors (Lipinski definition) is 5. The van der Waals surface area contributed by atoms with E-state index in [2.05, 4.69) is 14.8 Å². The Hall–Kier alpha value is -1.86. The lowest BCUT2D eigenvalue weighted by molar-refractivity contribution is -0.113. The van der Waals surface area contributed by atoms with E-state index in [1.165, 1.54) is 36.0 Å². The van der Waals surface area contributed by atoms with Gasteiger partial charge in [-0.3, -0.25) is 4.79 Å². The minimum absolute atomic E-state index is 0.0606. The van der Waals surface area contributed by atoms with Crippen molar-refractivity contribution in [3.05, 3.63) is 34.5 Å². The second-order valence-corrected chi connectivity index (χ2v) is 6.87. The summed E-state index contributed by atoms with van der Waals surface area (Å²) in [5.41, 5.74) is 0.282. The van der Waals surface area contributed by atoms with Crippen LogP contribution in [0.4, 0.5) is 4.39 Å². The van der Waals surface area contributed by atoms with E-state index in [1.54, 1.807) is 0 Å². The summed E-state index contributed by atoms with van der Waals surface area (Å²) in [6, 6.07) is 4.10. The predicted octanol–water partition coefficient (Wildman–Crippen LogP) is 2.14. The van der Waals surface area contributed by atoms with Crippen LogP contribution >= 0.6 is 11.8 Å². The second kappa shape index (κ2) is 6.33. The summed E-state index contributed by atoms with van der Waals surface area (Å²) in [5, 5.41) is 10.5. The third-order valence-corrected chi connectivity index (χ3v) is 5.09. The first kappa shape index (κ1) is 16.0. The van der Waals surface area contributed by atoms with E-state index >= 15 is 0 Å². The van der Waals surface area contributed by atoms with Gasteiger partial charge in [0, 0.05) is 24.7 Å². The average Bonchev–Trinajstić information content (AvgIpc) is 3.10. The number of nitrogens with zero attached hydrogens (tertiary/aromatic N) is 3. The standard InChI is InChI=1S/C16H18FN3O2S/c1-19(2)12-5-6-20(9-12)16-18-15(22)14(23-16)8-10-7-11(17)3-4-13(10)21/h3-4,7-8,12,21H,5-6,9H2,1-2H3/b14-8-/t12-/m1/s1. The molecule has 3 rings (SSSR count). The largest absolute Gasteiger partial charge is 0.507 e. The highest BCUT2D eigenvalue weighted by Crippen LogP contribution is 2.33. The van der Waals surface area contributed by atoms with Gasteiger partial charge in [0.25, 0.3) is 5.91 Å². The van der Waals surface area contributed by atoms with Crippen molar-refractivity contribution >= 4 is 28.9 Å². The van der Waals surface area contributed by atoms with Gasteiger partial charge >= 0.3 is 0 Å². The molecule has 7 heteroatoms. The number of likely N-dealkylation sites (tertiary alicyclic amines) is 1. The molecule has 1 saturated heterocycles. The molecule has 2 aliphatic heterocycles. The maximum Gasteiger partial charge on any atom is 0.286 e. The fraction of sp³-hybridized carbons (Fsp3) is 0.375. The lowest BCUT2D eigenvalue weighted by atomic mass is 10.2. The molecule has 2 heterocycles. The van der Waals surface area contributed by atoms with Gasteiger partial charge in [0.15, 0.2) is 5.17 Å². The first-order valence-corrected chi connectivity index (χ1v) is 8.18. The molecule has 0 radical (unpaired) electrons. The molecule has 0 saturated carbocycles. The van der Waals surface area contributed by atoms with Crippen LogP contribution in [0.5, 0.6) is 5.75 Å². The molecule has 1 fully saturated rings. The van der Waals surface area contributed by atoms with E-state index < -0.39 is 5.82 Å². The molecule has 0 bridgehead atoms. The summed E-state index contributed by atoms with van der Waals surface area (Å²) < 4.78 is 13.3. The maximum absolute atomic E-state index is 13.3. The quantitative estimate of drug-likeness (QED) is 0.839. The third kappa shape index (κ3) is 3.40. The van der Waals surface area contributed by atoms with Crippen LogP contribution in [0.15, 0.2) is 28.1 Å². The van der Waals surface area contributed by atoms with Gasteiger partial charge in [-0.1, -0.05) is 0 Å². The summed E-state index contributed by atoms with van der Waals surface area (Å²) in [7, 11) is 4.09. The predicted molar refractivity (Wildman–Crippen MR) is 89.7 cm³/mol. The number of carbonyl (C=O) groups is 1. The fourth-order valence-electron chi connectivity index (χ4n) is 2.65. The van der Waals surface area contributed by atoms with Crippen LogP contribution in [0, 0.1) is 5.82 Å². The molecule has 1 aromatic carbocycles. The van der Waals surface area contributed by atoms with Gasteiger partial charge in [0.05, 0.1) is 4.91 Å². The number of benzene rings is 1. The van der Waals surface area contributed by atoms with E-state index in [0.717, 1.165) is 19.5 Å². The van der Waals surface area contributed by atoms with Crippen molar-refractivity contribution in [2.75, 3.05) is 27.2 Å². The number of likely N-dealkylation sites (N-methyl/N-ethyl adjacent to an activating group) is 1. The van der Waals surface area contributed by atoms with E-state index in [9.17, 15) is 14.3 Å². The zero-order valence-electron chi connectivity index (χ0n) is 13.0. The highest BCUT2D eigenvalue weighted by atomic mass is 32.2. The molecule has 1 atom stereocenters. The number of amidine groups is 1. The minimum Gasteiger partial charge on any atom is -0.507 e. The molecule has 0 aromatic heterocycles. The van der Waals surface area contributed by atoms with Gasteiger partial charge in [-0.25, -0.2) is 4.39 Å². The van der Waals surface area contributed by atoms with Crippen LogP contribution < -0.4 is 0 Å². The van der Waals surface area contributed by atoms with E-state index in [0.29, 0.717) is 16.1 Å². The van der Waals surface area contributed by atoms with Crippen LogP contribution in [-0.4, -0.2) is 59.2 Å². The number of aromatic hydroxyl groups is 1. The highest BCUT2D eigenvalue weighted by molar-refractivity contribution is 8.18. The van der Waals surface area contributed by atoms with Crippen LogP contribution in [0.1, 0.15) is 12.0 Å². The minimum atomic E-state index is -0.459. The summed E-state index contributed by atoms with van der Waals surface area (Å²) in [6.45, 7) is 1.70. The number of halogens is 1. The number of thioether (sulfide) groups is 1. The first-order valence-electron chi connectivity index (χ1n) is 7.36. The van der Waals surface area contributed by atoms with Crippen LogP contribution in [-0.2, 0) is 4.79 Å². The second-order valence-electron chi connectivity index (χ2n) is 5.87. The van der Waals surface area contributed by atoms with Gasteiger partial charge in [0.2, 0.25) is 0 Å². The number of amides is 1. The molecule has 1 amide bonds. The first-order chi connectivity index (χ1) is 10.9. The summed E-state index contributed by atoms with van der Waals surface area (Å²) in [4.78, 5) is 20.8. The summed E-state index contributed by atoms with van der Waals surface area (Å²) in [5.74, 6) is -0.865. The molecule has 2 aliphatic rings. The molecule has 23 heavy (non-hydrogen) atoms. The van der Waals surface area contributed by atoms with E-state index in [1.807, 2.05) is 14.1 Å². The van der Waals surface area contributed by atoms with E-state index in [4.69, 9.17) is 0 Å². The Kier molecular flexibility index (Phi) is 4.41. The molecule has 1 N–H and O–H groups in total. The Morgan fingerprint density at radius 2 is 2.26 bits per heavy atom. The SMILES string of the molecule is CN(C)[C@@H]1CCN(C2=NC(=O)/C(=C/c3cc(F)ccc3O)S2)C1. The molecule has 5 nitrogen and oxygen atoms in total. The van der Waals surface area contributed by atoms with Crippen molar-refractivity contribution in [1.82, 2.24) is 9.80 Å². The molecular weight excluding hydrogens is 317 g/mol. The average molecular weight is 335 g/mol. The van der Waals surface area contributed by atoms with Gasteiger partial charge in [0.1, 0.15) is 11.6 Å². The smallest absolute Gasteiger partial charge is 0.286 e. The number of aliphatic imine (C=N–C) groups is 1. The lowest BCUT2D eigenvalue weighted by Gasteiger charge is -2.20. The van der Waals surface area contributed by atoms with Crippen molar-refractivity contribution in [2.45, 2.75) is 12.5 Å². The number of phenolic OH excluding ortho intramolecular Hbond substituents is 1. The Labute approximate surface area is 138 Å². The number of rotatable bonds is 2. The molecule has 0 aliphatic carbocycles. The number of carbonyl (C=O) groups excluding carboxylic acids is 1. The molecular formula is C16H18FN3O2S. The van der Waals surface area contributed by atoms with Crippen LogP contribution in [0.25, 0.3) is 6.08 Å². The maximum atomic E-state index is 13.3. The molecule has 0 spiro atoms. The van der Waals surface area contributed by atoms with Gasteiger partial charge in [-0.2, -0.15) is 4.99 Å². The lowest BCUT2D eigenvalue weighted by Crippen LogP contribution is -2.33. The van der Waals surface area contributed by atoms with Crippen molar-refractivity contribution < 1.29 is 14.3 Å². The van der Waals surface area contributed by atoms with Gasteiger partial charge in [-0.05, 0) is 56.6 Å². The molecule has 1 aromatic rings. The van der Waals surface area contributed by atoms with E-state index in [-0.39, 0.29) is 17.2 Å². The Bertz CT molecular complexity index is 703. The Morgan fingerprint density at radius 1 is 1.48 bits per heavy atom. The highest BCUT2D eigenvalue weighted by Gasteiger charge is 2.32. The Balaban J connectivity index is 1.75.